The summed E-state index contributed by atoms with van der Waals surface area (Å²) in [5, 5.41) is 4.56. The summed E-state index contributed by atoms with van der Waals surface area (Å²) < 4.78 is 9.50. The Morgan fingerprint density at radius 2 is 2.29 bits per heavy atom. The van der Waals surface area contributed by atoms with Gasteiger partial charge in [0, 0.05) is 31.8 Å². The summed E-state index contributed by atoms with van der Waals surface area (Å²) in [7, 11) is 3.43. The molecule has 2 heterocycles. The standard InChI is InChI=1S/C13H20N4O2S2/c1-15-11(9-3-4-9)14-17(13(15)20)8-16-5-6-21-10(7-16)12(18)19-2/h9-10H,3-8H2,1-2H3/t10-/m1/s1. The lowest BCUT2D eigenvalue weighted by Crippen LogP contribution is -2.42. The average molecular weight is 328 g/mol. The first-order valence-corrected chi connectivity index (χ1v) is 8.61. The van der Waals surface area contributed by atoms with Crippen LogP contribution in [-0.2, 0) is 23.2 Å². The van der Waals surface area contributed by atoms with E-state index in [4.69, 9.17) is 17.0 Å². The number of methoxy groups -OCH3 is 1. The Morgan fingerprint density at radius 1 is 1.52 bits per heavy atom. The van der Waals surface area contributed by atoms with E-state index in [1.54, 1.807) is 11.8 Å². The van der Waals surface area contributed by atoms with Gasteiger partial charge < -0.3 is 9.30 Å². The molecule has 0 unspecified atom stereocenters. The first-order chi connectivity index (χ1) is 10.1. The van der Waals surface area contributed by atoms with Crippen molar-refractivity contribution in [3.63, 3.8) is 0 Å². The van der Waals surface area contributed by atoms with Crippen LogP contribution in [0.25, 0.3) is 0 Å². The fourth-order valence-electron chi connectivity index (χ4n) is 2.59. The van der Waals surface area contributed by atoms with Crippen molar-refractivity contribution in [3.8, 4) is 0 Å². The van der Waals surface area contributed by atoms with Gasteiger partial charge in [0.15, 0.2) is 4.77 Å². The van der Waals surface area contributed by atoms with Crippen molar-refractivity contribution in [3.05, 3.63) is 10.6 Å². The third-order valence-corrected chi connectivity index (χ3v) is 5.61. The van der Waals surface area contributed by atoms with Crippen LogP contribution in [0.1, 0.15) is 24.6 Å². The summed E-state index contributed by atoms with van der Waals surface area (Å²) in [5.41, 5.74) is 0. The number of hydrogen-bond donors (Lipinski definition) is 0. The summed E-state index contributed by atoms with van der Waals surface area (Å²) in [6.45, 7) is 2.27. The minimum Gasteiger partial charge on any atom is -0.468 e. The van der Waals surface area contributed by atoms with Gasteiger partial charge in [-0.15, -0.1) is 11.8 Å². The van der Waals surface area contributed by atoms with E-state index in [2.05, 4.69) is 10.00 Å². The summed E-state index contributed by atoms with van der Waals surface area (Å²) in [4.78, 5) is 13.9. The van der Waals surface area contributed by atoms with E-state index in [0.717, 1.165) is 22.9 Å². The smallest absolute Gasteiger partial charge is 0.320 e. The Morgan fingerprint density at radius 3 is 2.95 bits per heavy atom. The van der Waals surface area contributed by atoms with Gasteiger partial charge in [0.1, 0.15) is 11.1 Å². The molecule has 1 aliphatic heterocycles. The quantitative estimate of drug-likeness (QED) is 0.615. The maximum atomic E-state index is 11.7. The predicted molar refractivity (Wildman–Crippen MR) is 83.8 cm³/mol. The van der Waals surface area contributed by atoms with Crippen LogP contribution in [0.5, 0.6) is 0 Å². The van der Waals surface area contributed by atoms with Crippen LogP contribution in [0, 0.1) is 4.77 Å². The lowest BCUT2D eigenvalue weighted by atomic mass is 10.3. The monoisotopic (exact) mass is 328 g/mol. The van der Waals surface area contributed by atoms with Crippen LogP contribution in [0.2, 0.25) is 0 Å². The van der Waals surface area contributed by atoms with Gasteiger partial charge in [0.25, 0.3) is 0 Å². The van der Waals surface area contributed by atoms with E-state index in [1.807, 2.05) is 16.3 Å². The van der Waals surface area contributed by atoms with Crippen LogP contribution in [-0.4, -0.2) is 56.4 Å². The second-order valence-corrected chi connectivity index (χ2v) is 7.25. The summed E-state index contributed by atoms with van der Waals surface area (Å²) in [6.07, 6.45) is 2.43. The number of rotatable bonds is 4. The number of hydrogen-bond acceptors (Lipinski definition) is 6. The van der Waals surface area contributed by atoms with Crippen molar-refractivity contribution in [2.75, 3.05) is 26.0 Å². The fourth-order valence-corrected chi connectivity index (χ4v) is 3.98. The second kappa shape index (κ2) is 6.10. The lowest BCUT2D eigenvalue weighted by Gasteiger charge is -2.30. The number of thioether (sulfide) groups is 1. The van der Waals surface area contributed by atoms with Crippen molar-refractivity contribution in [2.45, 2.75) is 30.7 Å². The van der Waals surface area contributed by atoms with Crippen molar-refractivity contribution in [2.24, 2.45) is 7.05 Å². The molecule has 1 atom stereocenters. The van der Waals surface area contributed by atoms with Gasteiger partial charge in [0.05, 0.1) is 13.8 Å². The van der Waals surface area contributed by atoms with Gasteiger partial charge in [-0.25, -0.2) is 4.68 Å². The molecular weight excluding hydrogens is 308 g/mol. The van der Waals surface area contributed by atoms with Gasteiger partial charge >= 0.3 is 5.97 Å². The molecule has 116 valence electrons. The average Bonchev–Trinajstić information content (AvgIpc) is 3.30. The first-order valence-electron chi connectivity index (χ1n) is 7.15. The highest BCUT2D eigenvalue weighted by Crippen LogP contribution is 2.38. The van der Waals surface area contributed by atoms with Crippen LogP contribution < -0.4 is 0 Å². The lowest BCUT2D eigenvalue weighted by molar-refractivity contribution is -0.140. The zero-order chi connectivity index (χ0) is 15.0. The molecule has 0 aromatic carbocycles. The number of ether oxygens (including phenoxy) is 1. The van der Waals surface area contributed by atoms with Crippen molar-refractivity contribution in [1.29, 1.82) is 0 Å². The largest absolute Gasteiger partial charge is 0.468 e. The molecule has 1 aromatic rings. The highest BCUT2D eigenvalue weighted by molar-refractivity contribution is 8.00. The topological polar surface area (TPSA) is 52.3 Å². The third-order valence-electron chi connectivity index (χ3n) is 3.97. The van der Waals surface area contributed by atoms with Crippen LogP contribution in [0.4, 0.5) is 0 Å². The van der Waals surface area contributed by atoms with Gasteiger partial charge in [-0.05, 0) is 25.1 Å². The molecule has 21 heavy (non-hydrogen) atoms. The van der Waals surface area contributed by atoms with Gasteiger partial charge in [-0.1, -0.05) is 0 Å². The highest BCUT2D eigenvalue weighted by atomic mass is 32.2. The van der Waals surface area contributed by atoms with E-state index in [-0.39, 0.29) is 11.2 Å². The highest BCUT2D eigenvalue weighted by Gasteiger charge is 2.30. The number of esters is 1. The molecule has 1 saturated carbocycles. The van der Waals surface area contributed by atoms with Gasteiger partial charge in [-0.2, -0.15) is 5.10 Å². The zero-order valence-corrected chi connectivity index (χ0v) is 14.0. The fraction of sp³-hybridized carbons (Fsp3) is 0.769. The minimum absolute atomic E-state index is 0.107. The molecule has 0 amide bonds. The molecule has 1 aliphatic carbocycles. The minimum atomic E-state index is -0.145. The molecule has 0 N–H and O–H groups in total. The van der Waals surface area contributed by atoms with E-state index in [0.29, 0.717) is 19.1 Å². The van der Waals surface area contributed by atoms with Gasteiger partial charge in [-0.3, -0.25) is 9.69 Å². The molecule has 0 bridgehead atoms. The van der Waals surface area contributed by atoms with Crippen LogP contribution in [0.3, 0.4) is 0 Å². The molecule has 2 aliphatic rings. The second-order valence-electron chi connectivity index (χ2n) is 5.57. The molecule has 0 spiro atoms. The van der Waals surface area contributed by atoms with E-state index in [9.17, 15) is 4.79 Å². The Balaban J connectivity index is 1.70. The normalized spacial score (nSPS) is 23.2. The summed E-state index contributed by atoms with van der Waals surface area (Å²) >= 11 is 7.13. The number of nitrogens with zero attached hydrogens (tertiary/aromatic N) is 4. The third kappa shape index (κ3) is 3.17. The predicted octanol–water partition coefficient (Wildman–Crippen LogP) is 1.38. The van der Waals surface area contributed by atoms with Crippen molar-refractivity contribution in [1.82, 2.24) is 19.2 Å². The molecular formula is C13H20N4O2S2. The molecule has 1 saturated heterocycles. The molecule has 1 aromatic heterocycles. The Labute approximate surface area is 133 Å². The van der Waals surface area contributed by atoms with E-state index >= 15 is 0 Å². The Hall–Kier alpha value is -0.860. The van der Waals surface area contributed by atoms with Crippen LogP contribution in [0.15, 0.2) is 0 Å². The summed E-state index contributed by atoms with van der Waals surface area (Å²) in [6, 6.07) is 0. The molecule has 2 fully saturated rings. The SMILES string of the molecule is COC(=O)[C@H]1CN(Cn2nc(C3CC3)n(C)c2=S)CCS1. The number of carbonyl (C=O) groups is 1. The summed E-state index contributed by atoms with van der Waals surface area (Å²) in [5.74, 6) is 2.46. The van der Waals surface area contributed by atoms with Gasteiger partial charge in [0.2, 0.25) is 0 Å². The number of aromatic nitrogens is 3. The molecule has 0 radical (unpaired) electrons. The van der Waals surface area contributed by atoms with Crippen molar-refractivity contribution < 1.29 is 9.53 Å². The van der Waals surface area contributed by atoms with E-state index < -0.39 is 0 Å². The first kappa shape index (κ1) is 15.1. The number of carbonyl (C=O) groups excluding carboxylic acids is 1. The zero-order valence-electron chi connectivity index (χ0n) is 12.3. The maximum absolute atomic E-state index is 11.7. The maximum Gasteiger partial charge on any atom is 0.320 e. The molecule has 3 rings (SSSR count). The molecule has 8 heteroatoms. The van der Waals surface area contributed by atoms with Crippen molar-refractivity contribution >= 4 is 29.9 Å². The Kier molecular flexibility index (Phi) is 4.37. The Bertz CT molecular complexity index is 593. The molecule has 6 nitrogen and oxygen atoms in total. The van der Waals surface area contributed by atoms with Crippen LogP contribution >= 0.6 is 24.0 Å². The van der Waals surface area contributed by atoms with E-state index in [1.165, 1.54) is 20.0 Å².